The molecule has 2 aromatic carbocycles. The number of hydrogen-bond donors (Lipinski definition) is 2. The van der Waals surface area contributed by atoms with Gasteiger partial charge in [0.15, 0.2) is 11.5 Å². The van der Waals surface area contributed by atoms with E-state index in [4.69, 9.17) is 9.84 Å². The minimum atomic E-state index is -0.797. The minimum Gasteiger partial charge on any atom is -0.481 e. The number of aliphatic carboxylic acids is 1. The van der Waals surface area contributed by atoms with Crippen LogP contribution in [0.4, 0.5) is 11.4 Å². The summed E-state index contributed by atoms with van der Waals surface area (Å²) in [6, 6.07) is 13.4. The summed E-state index contributed by atoms with van der Waals surface area (Å²) in [7, 11) is 0. The summed E-state index contributed by atoms with van der Waals surface area (Å²) in [4.78, 5) is 10.7. The molecule has 1 aliphatic heterocycles. The zero-order chi connectivity index (χ0) is 13.2. The van der Waals surface area contributed by atoms with Crippen molar-refractivity contribution in [2.45, 2.75) is 12.8 Å². The number of hydrogen-bond acceptors (Lipinski definition) is 3. The van der Waals surface area contributed by atoms with Crippen molar-refractivity contribution >= 4 is 17.3 Å². The fourth-order valence-corrected chi connectivity index (χ4v) is 2.17. The van der Waals surface area contributed by atoms with Crippen LogP contribution in [-0.2, 0) is 11.2 Å². The van der Waals surface area contributed by atoms with Crippen LogP contribution in [0.25, 0.3) is 0 Å². The standard InChI is InChI=1S/C15H13NO3/c17-14(18)9-8-10-4-3-7-13-15(10)16-11-5-1-2-6-12(11)19-13/h1-7,16H,8-9H2,(H,17,18). The van der Waals surface area contributed by atoms with Gasteiger partial charge in [-0.05, 0) is 30.2 Å². The summed E-state index contributed by atoms with van der Waals surface area (Å²) in [5.41, 5.74) is 2.72. The Morgan fingerprint density at radius 1 is 1.11 bits per heavy atom. The lowest BCUT2D eigenvalue weighted by Gasteiger charge is -2.23. The Bertz CT molecular complexity index is 637. The summed E-state index contributed by atoms with van der Waals surface area (Å²) < 4.78 is 5.81. The molecule has 0 unspecified atom stereocenters. The third-order valence-corrected chi connectivity index (χ3v) is 3.09. The molecule has 0 fully saturated rings. The SMILES string of the molecule is O=C(O)CCc1cccc2c1Nc1ccccc1O2. The van der Waals surface area contributed by atoms with E-state index in [0.717, 1.165) is 28.4 Å². The molecule has 4 nitrogen and oxygen atoms in total. The highest BCUT2D eigenvalue weighted by Crippen LogP contribution is 2.43. The number of nitrogens with one attached hydrogen (secondary N) is 1. The third-order valence-electron chi connectivity index (χ3n) is 3.09. The van der Waals surface area contributed by atoms with Gasteiger partial charge in [0.1, 0.15) is 0 Å². The lowest BCUT2D eigenvalue weighted by Crippen LogP contribution is -2.06. The van der Waals surface area contributed by atoms with E-state index < -0.39 is 5.97 Å². The fraction of sp³-hybridized carbons (Fsp3) is 0.133. The van der Waals surface area contributed by atoms with Crippen molar-refractivity contribution in [3.63, 3.8) is 0 Å². The fourth-order valence-electron chi connectivity index (χ4n) is 2.17. The number of aryl methyl sites for hydroxylation is 1. The van der Waals surface area contributed by atoms with Crippen molar-refractivity contribution in [2.75, 3.05) is 5.32 Å². The summed E-state index contributed by atoms with van der Waals surface area (Å²) in [6.07, 6.45) is 0.594. The molecule has 0 aliphatic carbocycles. The number of ether oxygens (including phenoxy) is 1. The molecule has 0 bridgehead atoms. The smallest absolute Gasteiger partial charge is 0.303 e. The molecule has 19 heavy (non-hydrogen) atoms. The van der Waals surface area contributed by atoms with E-state index in [0.29, 0.717) is 6.42 Å². The van der Waals surface area contributed by atoms with Crippen LogP contribution < -0.4 is 10.1 Å². The van der Waals surface area contributed by atoms with Crippen LogP contribution >= 0.6 is 0 Å². The molecule has 1 heterocycles. The van der Waals surface area contributed by atoms with Gasteiger partial charge in [-0.15, -0.1) is 0 Å². The maximum Gasteiger partial charge on any atom is 0.303 e. The topological polar surface area (TPSA) is 58.6 Å². The summed E-state index contributed by atoms with van der Waals surface area (Å²) in [6.45, 7) is 0. The number of rotatable bonds is 3. The van der Waals surface area contributed by atoms with E-state index >= 15 is 0 Å². The Morgan fingerprint density at radius 3 is 2.74 bits per heavy atom. The van der Waals surface area contributed by atoms with E-state index in [2.05, 4.69) is 5.32 Å². The highest BCUT2D eigenvalue weighted by molar-refractivity contribution is 5.78. The number of carboxylic acid groups (broad SMARTS) is 1. The van der Waals surface area contributed by atoms with Crippen molar-refractivity contribution in [1.82, 2.24) is 0 Å². The number of benzene rings is 2. The van der Waals surface area contributed by atoms with Gasteiger partial charge in [-0.3, -0.25) is 4.79 Å². The first-order valence-corrected chi connectivity index (χ1v) is 6.11. The van der Waals surface area contributed by atoms with Crippen molar-refractivity contribution in [3.8, 4) is 11.5 Å². The zero-order valence-corrected chi connectivity index (χ0v) is 10.2. The highest BCUT2D eigenvalue weighted by atomic mass is 16.5. The van der Waals surface area contributed by atoms with Gasteiger partial charge in [0, 0.05) is 6.42 Å². The molecule has 96 valence electrons. The second-order valence-corrected chi connectivity index (χ2v) is 4.41. The van der Waals surface area contributed by atoms with E-state index in [1.54, 1.807) is 0 Å². The molecular formula is C15H13NO3. The molecule has 0 atom stereocenters. The Balaban J connectivity index is 1.94. The lowest BCUT2D eigenvalue weighted by atomic mass is 10.1. The summed E-state index contributed by atoms with van der Waals surface area (Å²) in [5.74, 6) is 0.724. The van der Waals surface area contributed by atoms with E-state index in [1.807, 2.05) is 42.5 Å². The average Bonchev–Trinajstić information content (AvgIpc) is 2.42. The molecule has 0 radical (unpaired) electrons. The maximum atomic E-state index is 10.7. The zero-order valence-electron chi connectivity index (χ0n) is 10.2. The predicted octanol–water partition coefficient (Wildman–Crippen LogP) is 3.55. The van der Waals surface area contributed by atoms with Crippen LogP contribution in [0.5, 0.6) is 11.5 Å². The van der Waals surface area contributed by atoms with Gasteiger partial charge in [-0.1, -0.05) is 24.3 Å². The third kappa shape index (κ3) is 2.25. The maximum absolute atomic E-state index is 10.7. The van der Waals surface area contributed by atoms with Gasteiger partial charge >= 0.3 is 5.97 Å². The van der Waals surface area contributed by atoms with E-state index in [1.165, 1.54) is 0 Å². The first kappa shape index (κ1) is 11.6. The molecule has 0 saturated carbocycles. The van der Waals surface area contributed by atoms with Crippen molar-refractivity contribution < 1.29 is 14.6 Å². The normalized spacial score (nSPS) is 11.8. The molecule has 0 spiro atoms. The highest BCUT2D eigenvalue weighted by Gasteiger charge is 2.18. The van der Waals surface area contributed by atoms with Crippen LogP contribution in [0.3, 0.4) is 0 Å². The van der Waals surface area contributed by atoms with Crippen LogP contribution in [0, 0.1) is 0 Å². The Morgan fingerprint density at radius 2 is 1.89 bits per heavy atom. The van der Waals surface area contributed by atoms with Gasteiger partial charge in [0.2, 0.25) is 0 Å². The molecule has 0 saturated heterocycles. The quantitative estimate of drug-likeness (QED) is 0.751. The monoisotopic (exact) mass is 255 g/mol. The second-order valence-electron chi connectivity index (χ2n) is 4.41. The molecule has 4 heteroatoms. The van der Waals surface area contributed by atoms with Crippen molar-refractivity contribution in [2.24, 2.45) is 0 Å². The predicted molar refractivity (Wildman–Crippen MR) is 72.2 cm³/mol. The van der Waals surface area contributed by atoms with Crippen LogP contribution in [0.1, 0.15) is 12.0 Å². The average molecular weight is 255 g/mol. The number of carboxylic acids is 1. The second kappa shape index (κ2) is 4.65. The van der Waals surface area contributed by atoms with Crippen molar-refractivity contribution in [3.05, 3.63) is 48.0 Å². The molecule has 0 aromatic heterocycles. The Kier molecular flexibility index (Phi) is 2.83. The molecule has 2 N–H and O–H groups in total. The molecular weight excluding hydrogens is 242 g/mol. The molecule has 1 aliphatic rings. The molecule has 2 aromatic rings. The summed E-state index contributed by atoms with van der Waals surface area (Å²) >= 11 is 0. The summed E-state index contributed by atoms with van der Waals surface area (Å²) in [5, 5.41) is 12.1. The van der Waals surface area contributed by atoms with Gasteiger partial charge in [-0.25, -0.2) is 0 Å². The van der Waals surface area contributed by atoms with E-state index in [9.17, 15) is 4.79 Å². The van der Waals surface area contributed by atoms with Gasteiger partial charge in [0.25, 0.3) is 0 Å². The number of fused-ring (bicyclic) bond motifs is 2. The van der Waals surface area contributed by atoms with E-state index in [-0.39, 0.29) is 6.42 Å². The largest absolute Gasteiger partial charge is 0.481 e. The first-order chi connectivity index (χ1) is 9.24. The van der Waals surface area contributed by atoms with Crippen LogP contribution in [-0.4, -0.2) is 11.1 Å². The molecule has 3 rings (SSSR count). The van der Waals surface area contributed by atoms with Gasteiger partial charge < -0.3 is 15.2 Å². The number of carbonyl (C=O) groups is 1. The number of anilines is 2. The lowest BCUT2D eigenvalue weighted by molar-refractivity contribution is -0.136. The van der Waals surface area contributed by atoms with Crippen molar-refractivity contribution in [1.29, 1.82) is 0 Å². The van der Waals surface area contributed by atoms with Crippen LogP contribution in [0.2, 0.25) is 0 Å². The number of para-hydroxylation sites is 3. The minimum absolute atomic E-state index is 0.111. The van der Waals surface area contributed by atoms with Gasteiger partial charge in [0.05, 0.1) is 11.4 Å². The Hall–Kier alpha value is -2.49. The van der Waals surface area contributed by atoms with Crippen LogP contribution in [0.15, 0.2) is 42.5 Å². The van der Waals surface area contributed by atoms with Gasteiger partial charge in [-0.2, -0.15) is 0 Å². The first-order valence-electron chi connectivity index (χ1n) is 6.11. The Labute approximate surface area is 110 Å². The molecule has 0 amide bonds.